The number of carbonyl (C=O) groups is 2. The number of methoxy groups -OCH3 is 1. The van der Waals surface area contributed by atoms with E-state index in [1.807, 2.05) is 61.5 Å². The minimum absolute atomic E-state index is 0.149. The number of amides is 2. The zero-order valence-electron chi connectivity index (χ0n) is 16.4. The van der Waals surface area contributed by atoms with Crippen LogP contribution in [0.2, 0.25) is 0 Å². The third-order valence-electron chi connectivity index (χ3n) is 4.51. The van der Waals surface area contributed by atoms with Gasteiger partial charge in [-0.05, 0) is 42.3 Å². The number of aromatic nitrogens is 1. The molecule has 2 aromatic carbocycles. The largest absolute Gasteiger partial charge is 0.497 e. The zero-order valence-corrected chi connectivity index (χ0v) is 16.4. The number of hydrogen-bond donors (Lipinski definition) is 2. The molecule has 1 aromatic heterocycles. The average Bonchev–Trinajstić information content (AvgIpc) is 2.78. The lowest BCUT2D eigenvalue weighted by molar-refractivity contribution is 0.0939. The van der Waals surface area contributed by atoms with E-state index in [2.05, 4.69) is 15.6 Å². The van der Waals surface area contributed by atoms with Crippen molar-refractivity contribution < 1.29 is 14.3 Å². The summed E-state index contributed by atoms with van der Waals surface area (Å²) in [7, 11) is 1.60. The number of pyridine rings is 1. The zero-order chi connectivity index (χ0) is 20.6. The summed E-state index contributed by atoms with van der Waals surface area (Å²) < 4.78 is 5.12. The summed E-state index contributed by atoms with van der Waals surface area (Å²) >= 11 is 0. The van der Waals surface area contributed by atoms with E-state index in [4.69, 9.17) is 4.74 Å². The summed E-state index contributed by atoms with van der Waals surface area (Å²) in [5.41, 5.74) is 2.52. The Morgan fingerprint density at radius 1 is 1.00 bits per heavy atom. The van der Waals surface area contributed by atoms with Gasteiger partial charge >= 0.3 is 0 Å². The molecule has 0 spiro atoms. The number of rotatable bonds is 7. The van der Waals surface area contributed by atoms with Gasteiger partial charge in [-0.2, -0.15) is 0 Å². The third-order valence-corrected chi connectivity index (χ3v) is 4.51. The van der Waals surface area contributed by atoms with E-state index in [-0.39, 0.29) is 23.6 Å². The van der Waals surface area contributed by atoms with Gasteiger partial charge in [-0.25, -0.2) is 0 Å². The first-order chi connectivity index (χ1) is 14.1. The van der Waals surface area contributed by atoms with E-state index in [1.54, 1.807) is 13.2 Å². The van der Waals surface area contributed by atoms with Crippen molar-refractivity contribution in [3.63, 3.8) is 0 Å². The molecular weight excluding hydrogens is 366 g/mol. The first kappa shape index (κ1) is 20.1. The molecule has 6 heteroatoms. The van der Waals surface area contributed by atoms with Crippen molar-refractivity contribution in [2.45, 2.75) is 19.5 Å². The summed E-state index contributed by atoms with van der Waals surface area (Å²) in [5, 5.41) is 5.75. The van der Waals surface area contributed by atoms with E-state index in [0.717, 1.165) is 16.9 Å². The van der Waals surface area contributed by atoms with Gasteiger partial charge in [-0.1, -0.05) is 42.5 Å². The molecule has 0 radical (unpaired) electrons. The van der Waals surface area contributed by atoms with Crippen molar-refractivity contribution in [3.8, 4) is 5.75 Å². The van der Waals surface area contributed by atoms with Gasteiger partial charge in [0.2, 0.25) is 0 Å². The molecule has 148 valence electrons. The van der Waals surface area contributed by atoms with Gasteiger partial charge in [0.05, 0.1) is 13.2 Å². The van der Waals surface area contributed by atoms with Crippen LogP contribution < -0.4 is 15.4 Å². The molecule has 0 saturated carbocycles. The monoisotopic (exact) mass is 389 g/mol. The minimum atomic E-state index is -0.341. The molecule has 1 unspecified atom stereocenters. The van der Waals surface area contributed by atoms with Gasteiger partial charge in [0.15, 0.2) is 0 Å². The maximum absolute atomic E-state index is 12.6. The fourth-order valence-corrected chi connectivity index (χ4v) is 2.82. The van der Waals surface area contributed by atoms with Gasteiger partial charge < -0.3 is 15.4 Å². The standard InChI is InChI=1S/C23H23N3O3/c1-16(18-6-4-3-5-7-18)26-22(27)19-12-13-24-21(14-19)23(28)25-15-17-8-10-20(29-2)11-9-17/h3-14,16H,15H2,1-2H3,(H,25,28)(H,26,27). The van der Waals surface area contributed by atoms with Crippen molar-refractivity contribution >= 4 is 11.8 Å². The van der Waals surface area contributed by atoms with Crippen LogP contribution >= 0.6 is 0 Å². The molecule has 0 aliphatic carbocycles. The van der Waals surface area contributed by atoms with E-state index in [0.29, 0.717) is 12.1 Å². The second-order valence-corrected chi connectivity index (χ2v) is 6.57. The summed E-state index contributed by atoms with van der Waals surface area (Å²) in [6.07, 6.45) is 1.46. The highest BCUT2D eigenvalue weighted by molar-refractivity contribution is 5.98. The number of ether oxygens (including phenoxy) is 1. The highest BCUT2D eigenvalue weighted by Crippen LogP contribution is 2.13. The van der Waals surface area contributed by atoms with Crippen LogP contribution in [0.3, 0.4) is 0 Å². The van der Waals surface area contributed by atoms with Crippen LogP contribution in [0, 0.1) is 0 Å². The van der Waals surface area contributed by atoms with Crippen molar-refractivity contribution in [3.05, 3.63) is 95.3 Å². The van der Waals surface area contributed by atoms with Gasteiger partial charge in [-0.3, -0.25) is 14.6 Å². The molecule has 1 heterocycles. The predicted octanol–water partition coefficient (Wildman–Crippen LogP) is 3.51. The van der Waals surface area contributed by atoms with Gasteiger partial charge in [0.25, 0.3) is 11.8 Å². The predicted molar refractivity (Wildman–Crippen MR) is 111 cm³/mol. The second-order valence-electron chi connectivity index (χ2n) is 6.57. The smallest absolute Gasteiger partial charge is 0.270 e. The Bertz CT molecular complexity index is 972. The molecule has 0 saturated heterocycles. The Balaban J connectivity index is 1.61. The Hall–Kier alpha value is -3.67. The van der Waals surface area contributed by atoms with Crippen LogP contribution in [0.25, 0.3) is 0 Å². The minimum Gasteiger partial charge on any atom is -0.497 e. The molecule has 3 aromatic rings. The Morgan fingerprint density at radius 2 is 1.72 bits per heavy atom. The molecule has 0 bridgehead atoms. The molecule has 3 rings (SSSR count). The van der Waals surface area contributed by atoms with Crippen molar-refractivity contribution in [1.29, 1.82) is 0 Å². The lowest BCUT2D eigenvalue weighted by Gasteiger charge is -2.14. The van der Waals surface area contributed by atoms with E-state index >= 15 is 0 Å². The lowest BCUT2D eigenvalue weighted by Crippen LogP contribution is -2.28. The lowest BCUT2D eigenvalue weighted by atomic mass is 10.1. The number of nitrogens with zero attached hydrogens (tertiary/aromatic N) is 1. The van der Waals surface area contributed by atoms with Crippen LogP contribution in [0.5, 0.6) is 5.75 Å². The number of nitrogens with one attached hydrogen (secondary N) is 2. The molecule has 29 heavy (non-hydrogen) atoms. The maximum Gasteiger partial charge on any atom is 0.270 e. The highest BCUT2D eigenvalue weighted by atomic mass is 16.5. The fraction of sp³-hybridized carbons (Fsp3) is 0.174. The van der Waals surface area contributed by atoms with Gasteiger partial charge in [0.1, 0.15) is 11.4 Å². The summed E-state index contributed by atoms with van der Waals surface area (Å²) in [5.74, 6) is 0.157. The molecule has 0 fully saturated rings. The number of hydrogen-bond acceptors (Lipinski definition) is 4. The number of carbonyl (C=O) groups excluding carboxylic acids is 2. The maximum atomic E-state index is 12.6. The van der Waals surface area contributed by atoms with Crippen LogP contribution in [-0.4, -0.2) is 23.9 Å². The normalized spacial score (nSPS) is 11.4. The molecule has 2 amide bonds. The SMILES string of the molecule is COc1ccc(CNC(=O)c2cc(C(=O)NC(C)c3ccccc3)ccn2)cc1. The molecule has 0 aliphatic heterocycles. The van der Waals surface area contributed by atoms with Crippen LogP contribution in [0.1, 0.15) is 44.9 Å². The first-order valence-corrected chi connectivity index (χ1v) is 9.30. The fourth-order valence-electron chi connectivity index (χ4n) is 2.82. The van der Waals surface area contributed by atoms with Crippen molar-refractivity contribution in [2.24, 2.45) is 0 Å². The molecule has 0 aliphatic rings. The van der Waals surface area contributed by atoms with Crippen molar-refractivity contribution in [1.82, 2.24) is 15.6 Å². The van der Waals surface area contributed by atoms with E-state index < -0.39 is 0 Å². The molecule has 1 atom stereocenters. The Kier molecular flexibility index (Phi) is 6.58. The second kappa shape index (κ2) is 9.50. The third kappa shape index (κ3) is 5.42. The molecule has 2 N–H and O–H groups in total. The van der Waals surface area contributed by atoms with Gasteiger partial charge in [-0.15, -0.1) is 0 Å². The average molecular weight is 389 g/mol. The van der Waals surface area contributed by atoms with Crippen LogP contribution in [0.15, 0.2) is 72.9 Å². The summed E-state index contributed by atoms with van der Waals surface area (Å²) in [6, 6.07) is 20.0. The van der Waals surface area contributed by atoms with Gasteiger partial charge in [0, 0.05) is 18.3 Å². The summed E-state index contributed by atoms with van der Waals surface area (Å²) in [6.45, 7) is 2.27. The van der Waals surface area contributed by atoms with Crippen molar-refractivity contribution in [2.75, 3.05) is 7.11 Å². The molecular formula is C23H23N3O3. The topological polar surface area (TPSA) is 80.3 Å². The van der Waals surface area contributed by atoms with E-state index in [9.17, 15) is 9.59 Å². The number of benzene rings is 2. The van der Waals surface area contributed by atoms with Crippen LogP contribution in [-0.2, 0) is 6.54 Å². The molecule has 6 nitrogen and oxygen atoms in total. The van der Waals surface area contributed by atoms with Crippen LogP contribution in [0.4, 0.5) is 0 Å². The highest BCUT2D eigenvalue weighted by Gasteiger charge is 2.14. The Labute approximate surface area is 169 Å². The quantitative estimate of drug-likeness (QED) is 0.648. The first-order valence-electron chi connectivity index (χ1n) is 9.30. The summed E-state index contributed by atoms with van der Waals surface area (Å²) in [4.78, 5) is 29.1. The van der Waals surface area contributed by atoms with E-state index in [1.165, 1.54) is 12.3 Å². The Morgan fingerprint density at radius 3 is 2.41 bits per heavy atom.